The van der Waals surface area contributed by atoms with Crippen molar-refractivity contribution in [2.75, 3.05) is 13.7 Å². The Labute approximate surface area is 110 Å². The molecule has 1 heterocycles. The zero-order valence-electron chi connectivity index (χ0n) is 10.3. The van der Waals surface area contributed by atoms with Crippen molar-refractivity contribution >= 4 is 17.8 Å². The highest BCUT2D eigenvalue weighted by atomic mass is 16.5. The summed E-state index contributed by atoms with van der Waals surface area (Å²) < 4.78 is 4.63. The van der Waals surface area contributed by atoms with Crippen LogP contribution in [0, 0.1) is 12.3 Å². The number of amides is 2. The SMILES string of the molecule is C#CCN1C(=O)c2ccccc2C(C(=O)OC)C1=O. The number of carbonyl (C=O) groups is 3. The smallest absolute Gasteiger partial charge is 0.322 e. The number of terminal acetylenes is 1. The zero-order valence-corrected chi connectivity index (χ0v) is 10.3. The summed E-state index contributed by atoms with van der Waals surface area (Å²) in [6.07, 6.45) is 5.15. The molecule has 5 nitrogen and oxygen atoms in total. The number of esters is 1. The molecule has 0 spiro atoms. The fourth-order valence-electron chi connectivity index (χ4n) is 2.06. The van der Waals surface area contributed by atoms with Gasteiger partial charge in [0.1, 0.15) is 0 Å². The van der Waals surface area contributed by atoms with E-state index < -0.39 is 23.7 Å². The summed E-state index contributed by atoms with van der Waals surface area (Å²) in [6.45, 7) is -0.167. The van der Waals surface area contributed by atoms with Crippen molar-refractivity contribution in [3.05, 3.63) is 35.4 Å². The highest BCUT2D eigenvalue weighted by molar-refractivity contribution is 6.18. The average molecular weight is 257 g/mol. The van der Waals surface area contributed by atoms with Gasteiger partial charge >= 0.3 is 5.97 Å². The Morgan fingerprint density at radius 1 is 1.42 bits per heavy atom. The Hall–Kier alpha value is -2.61. The summed E-state index contributed by atoms with van der Waals surface area (Å²) in [7, 11) is 1.19. The van der Waals surface area contributed by atoms with E-state index in [0.717, 1.165) is 4.90 Å². The molecule has 0 aromatic heterocycles. The molecule has 0 saturated carbocycles. The lowest BCUT2D eigenvalue weighted by Gasteiger charge is -2.29. The molecule has 5 heteroatoms. The topological polar surface area (TPSA) is 63.7 Å². The van der Waals surface area contributed by atoms with Crippen molar-refractivity contribution in [3.8, 4) is 12.3 Å². The number of imide groups is 1. The number of benzene rings is 1. The Balaban J connectivity index is 2.58. The lowest BCUT2D eigenvalue weighted by atomic mass is 9.88. The number of methoxy groups -OCH3 is 1. The first kappa shape index (κ1) is 12.8. The van der Waals surface area contributed by atoms with Crippen LogP contribution in [0.4, 0.5) is 0 Å². The van der Waals surface area contributed by atoms with Gasteiger partial charge in [-0.1, -0.05) is 24.1 Å². The van der Waals surface area contributed by atoms with E-state index in [1.165, 1.54) is 7.11 Å². The van der Waals surface area contributed by atoms with Gasteiger partial charge in [0.05, 0.1) is 13.7 Å². The Kier molecular flexibility index (Phi) is 3.34. The average Bonchev–Trinajstić information content (AvgIpc) is 2.43. The largest absolute Gasteiger partial charge is 0.468 e. The molecule has 0 radical (unpaired) electrons. The molecule has 2 amide bonds. The second kappa shape index (κ2) is 4.94. The summed E-state index contributed by atoms with van der Waals surface area (Å²) >= 11 is 0. The molecule has 0 bridgehead atoms. The quantitative estimate of drug-likeness (QED) is 0.336. The number of hydrogen-bond acceptors (Lipinski definition) is 4. The van der Waals surface area contributed by atoms with E-state index in [-0.39, 0.29) is 6.54 Å². The maximum absolute atomic E-state index is 12.2. The first-order valence-corrected chi connectivity index (χ1v) is 5.57. The molecular weight excluding hydrogens is 246 g/mol. The molecule has 96 valence electrons. The molecule has 0 saturated heterocycles. The van der Waals surface area contributed by atoms with Crippen molar-refractivity contribution < 1.29 is 19.1 Å². The lowest BCUT2D eigenvalue weighted by molar-refractivity contribution is -0.148. The first-order valence-electron chi connectivity index (χ1n) is 5.57. The number of rotatable bonds is 2. The van der Waals surface area contributed by atoms with E-state index in [9.17, 15) is 14.4 Å². The number of ether oxygens (including phenoxy) is 1. The molecule has 0 N–H and O–H groups in total. The third-order valence-corrected chi connectivity index (χ3v) is 2.95. The molecule has 1 atom stereocenters. The number of hydrogen-bond donors (Lipinski definition) is 0. The molecule has 19 heavy (non-hydrogen) atoms. The molecule has 1 aromatic carbocycles. The zero-order chi connectivity index (χ0) is 14.0. The third kappa shape index (κ3) is 1.97. The molecule has 0 fully saturated rings. The van der Waals surface area contributed by atoms with Crippen LogP contribution in [0.3, 0.4) is 0 Å². The summed E-state index contributed by atoms with van der Waals surface area (Å²) in [5, 5.41) is 0. The molecule has 1 aliphatic rings. The van der Waals surface area contributed by atoms with E-state index in [1.54, 1.807) is 24.3 Å². The minimum Gasteiger partial charge on any atom is -0.468 e. The maximum atomic E-state index is 12.2. The number of fused-ring (bicyclic) bond motifs is 1. The van der Waals surface area contributed by atoms with Gasteiger partial charge < -0.3 is 4.74 Å². The molecule has 0 aliphatic carbocycles. The highest BCUT2D eigenvalue weighted by Gasteiger charge is 2.42. The van der Waals surface area contributed by atoms with Crippen LogP contribution >= 0.6 is 0 Å². The van der Waals surface area contributed by atoms with Crippen LogP contribution in [0.25, 0.3) is 0 Å². The van der Waals surface area contributed by atoms with Crippen molar-refractivity contribution in [1.82, 2.24) is 4.90 Å². The summed E-state index contributed by atoms with van der Waals surface area (Å²) in [5.74, 6) is -0.728. The Bertz CT molecular complexity index is 600. The monoisotopic (exact) mass is 257 g/mol. The minimum atomic E-state index is -1.13. The predicted molar refractivity (Wildman–Crippen MR) is 66.1 cm³/mol. The van der Waals surface area contributed by atoms with Crippen molar-refractivity contribution in [3.63, 3.8) is 0 Å². The third-order valence-electron chi connectivity index (χ3n) is 2.95. The van der Waals surface area contributed by atoms with Gasteiger partial charge in [0.15, 0.2) is 5.92 Å². The van der Waals surface area contributed by atoms with Crippen molar-refractivity contribution in [2.45, 2.75) is 5.92 Å². The number of carbonyl (C=O) groups excluding carboxylic acids is 3. The van der Waals surface area contributed by atoms with E-state index in [0.29, 0.717) is 11.1 Å². The van der Waals surface area contributed by atoms with Crippen LogP contribution < -0.4 is 0 Å². The van der Waals surface area contributed by atoms with Crippen LogP contribution in [-0.2, 0) is 14.3 Å². The van der Waals surface area contributed by atoms with Crippen LogP contribution in [0.2, 0.25) is 0 Å². The van der Waals surface area contributed by atoms with Crippen LogP contribution in [0.5, 0.6) is 0 Å². The highest BCUT2D eigenvalue weighted by Crippen LogP contribution is 2.30. The van der Waals surface area contributed by atoms with Gasteiger partial charge in [-0.2, -0.15) is 0 Å². The van der Waals surface area contributed by atoms with Gasteiger partial charge in [-0.25, -0.2) is 0 Å². The summed E-state index contributed by atoms with van der Waals surface area (Å²) in [6, 6.07) is 6.45. The minimum absolute atomic E-state index is 0.167. The fourth-order valence-corrected chi connectivity index (χ4v) is 2.06. The molecule has 1 unspecified atom stereocenters. The standard InChI is InChI=1S/C14H11NO4/c1-3-8-15-12(16)10-7-5-4-6-9(10)11(13(15)17)14(18)19-2/h1,4-7,11H,8H2,2H3. The van der Waals surface area contributed by atoms with Crippen LogP contribution in [-0.4, -0.2) is 36.3 Å². The number of nitrogens with zero attached hydrogens (tertiary/aromatic N) is 1. The van der Waals surface area contributed by atoms with Crippen LogP contribution in [0.15, 0.2) is 24.3 Å². The van der Waals surface area contributed by atoms with E-state index >= 15 is 0 Å². The Morgan fingerprint density at radius 2 is 2.11 bits per heavy atom. The van der Waals surface area contributed by atoms with Gasteiger partial charge in [0, 0.05) is 5.56 Å². The van der Waals surface area contributed by atoms with Crippen molar-refractivity contribution in [2.24, 2.45) is 0 Å². The predicted octanol–water partition coefficient (Wildman–Crippen LogP) is 0.559. The van der Waals surface area contributed by atoms with E-state index in [1.807, 2.05) is 0 Å². The van der Waals surface area contributed by atoms with Gasteiger partial charge in [-0.15, -0.1) is 6.42 Å². The maximum Gasteiger partial charge on any atom is 0.322 e. The summed E-state index contributed by atoms with van der Waals surface area (Å²) in [4.78, 5) is 37.0. The Morgan fingerprint density at radius 3 is 2.74 bits per heavy atom. The fraction of sp³-hybridized carbons (Fsp3) is 0.214. The second-order valence-corrected chi connectivity index (χ2v) is 3.98. The van der Waals surface area contributed by atoms with Gasteiger partial charge in [-0.05, 0) is 11.6 Å². The lowest BCUT2D eigenvalue weighted by Crippen LogP contribution is -2.47. The van der Waals surface area contributed by atoms with Crippen molar-refractivity contribution in [1.29, 1.82) is 0 Å². The molecular formula is C14H11NO4. The first-order chi connectivity index (χ1) is 9.11. The second-order valence-electron chi connectivity index (χ2n) is 3.98. The molecule has 2 rings (SSSR count). The molecule has 1 aromatic rings. The van der Waals surface area contributed by atoms with Gasteiger partial charge in [0.2, 0.25) is 5.91 Å². The molecule has 1 aliphatic heterocycles. The van der Waals surface area contributed by atoms with E-state index in [4.69, 9.17) is 6.42 Å². The van der Waals surface area contributed by atoms with Gasteiger partial charge in [0.25, 0.3) is 5.91 Å². The summed E-state index contributed by atoms with van der Waals surface area (Å²) in [5.41, 5.74) is 0.658. The normalized spacial score (nSPS) is 17.7. The van der Waals surface area contributed by atoms with Gasteiger partial charge in [-0.3, -0.25) is 19.3 Å². The van der Waals surface area contributed by atoms with E-state index in [2.05, 4.69) is 10.7 Å². The van der Waals surface area contributed by atoms with Crippen LogP contribution in [0.1, 0.15) is 21.8 Å².